The van der Waals surface area contributed by atoms with Crippen LogP contribution in [-0.2, 0) is 16.0 Å². The summed E-state index contributed by atoms with van der Waals surface area (Å²) in [5.74, 6) is -1.01. The molecule has 4 rings (SSSR count). The fourth-order valence-corrected chi connectivity index (χ4v) is 4.35. The third kappa shape index (κ3) is 6.22. The number of aromatic amines is 1. The Morgan fingerprint density at radius 3 is 2.42 bits per heavy atom. The van der Waals surface area contributed by atoms with E-state index in [1.165, 1.54) is 0 Å². The summed E-state index contributed by atoms with van der Waals surface area (Å²) in [5, 5.41) is 21.4. The van der Waals surface area contributed by atoms with Crippen molar-refractivity contribution in [3.05, 3.63) is 88.4 Å². The van der Waals surface area contributed by atoms with Crippen LogP contribution in [0.2, 0.25) is 5.02 Å². The molecule has 0 aliphatic heterocycles. The molecular weight excluding hydrogens is 504 g/mol. The first kappa shape index (κ1) is 26.9. The number of carboxylic acid groups (broad SMARTS) is 1. The smallest absolute Gasteiger partial charge is 0.307 e. The molecule has 1 amide bonds. The van der Waals surface area contributed by atoms with Crippen LogP contribution in [0.5, 0.6) is 5.88 Å². The first-order valence-corrected chi connectivity index (χ1v) is 12.4. The second-order valence-corrected chi connectivity index (χ2v) is 9.73. The zero-order valence-electron chi connectivity index (χ0n) is 21.4. The summed E-state index contributed by atoms with van der Waals surface area (Å²) < 4.78 is 0. The van der Waals surface area contributed by atoms with Crippen LogP contribution in [0.4, 0.5) is 11.4 Å². The molecule has 3 aromatic carbocycles. The maximum Gasteiger partial charge on any atom is 0.307 e. The molecule has 0 fully saturated rings. The highest BCUT2D eigenvalue weighted by Crippen LogP contribution is 2.33. The number of nitrogens with one attached hydrogen (secondary N) is 1. The number of hydrogen-bond donors (Lipinski definition) is 3. The van der Waals surface area contributed by atoms with Crippen LogP contribution < -0.4 is 4.90 Å². The van der Waals surface area contributed by atoms with Crippen molar-refractivity contribution in [2.24, 2.45) is 4.99 Å². The van der Waals surface area contributed by atoms with Gasteiger partial charge in [0.05, 0.1) is 28.9 Å². The number of nitrogens with zero attached hydrogens (tertiary/aromatic N) is 3. The van der Waals surface area contributed by atoms with Gasteiger partial charge in [0.15, 0.2) is 5.88 Å². The predicted molar refractivity (Wildman–Crippen MR) is 151 cm³/mol. The Kier molecular flexibility index (Phi) is 8.14. The van der Waals surface area contributed by atoms with Crippen molar-refractivity contribution in [1.82, 2.24) is 9.88 Å². The Bertz CT molecular complexity index is 1510. The highest BCUT2D eigenvalue weighted by atomic mass is 35.5. The van der Waals surface area contributed by atoms with Gasteiger partial charge in [0.1, 0.15) is 0 Å². The van der Waals surface area contributed by atoms with Gasteiger partial charge in [0.25, 0.3) is 0 Å². The second kappa shape index (κ2) is 11.5. The van der Waals surface area contributed by atoms with Crippen LogP contribution in [0.1, 0.15) is 23.1 Å². The van der Waals surface area contributed by atoms with Crippen LogP contribution in [0.15, 0.2) is 71.7 Å². The van der Waals surface area contributed by atoms with Gasteiger partial charge in [0.2, 0.25) is 5.91 Å². The Labute approximate surface area is 225 Å². The lowest BCUT2D eigenvalue weighted by molar-refractivity contribution is -0.136. The average Bonchev–Trinajstić information content (AvgIpc) is 3.19. The molecule has 1 aromatic heterocycles. The van der Waals surface area contributed by atoms with Crippen molar-refractivity contribution in [1.29, 1.82) is 0 Å². The number of carbonyl (C=O) groups is 2. The number of halogens is 1. The zero-order valence-corrected chi connectivity index (χ0v) is 22.2. The highest BCUT2D eigenvalue weighted by Gasteiger charge is 2.20. The van der Waals surface area contributed by atoms with Crippen molar-refractivity contribution in [3.8, 4) is 5.88 Å². The molecule has 1 heterocycles. The molecule has 0 saturated heterocycles. The maximum atomic E-state index is 12.5. The number of anilines is 1. The number of rotatable bonds is 9. The van der Waals surface area contributed by atoms with E-state index in [0.29, 0.717) is 51.6 Å². The van der Waals surface area contributed by atoms with Gasteiger partial charge in [-0.15, -0.1) is 0 Å². The van der Waals surface area contributed by atoms with E-state index in [9.17, 15) is 19.8 Å². The largest absolute Gasteiger partial charge is 0.494 e. The maximum absolute atomic E-state index is 12.5. The summed E-state index contributed by atoms with van der Waals surface area (Å²) in [5.41, 5.74) is 4.18. The molecule has 4 aromatic rings. The fourth-order valence-electron chi connectivity index (χ4n) is 4.17. The molecule has 0 aliphatic rings. The first-order chi connectivity index (χ1) is 18.1. The zero-order chi connectivity index (χ0) is 27.4. The third-order valence-electron chi connectivity index (χ3n) is 6.16. The summed E-state index contributed by atoms with van der Waals surface area (Å²) in [6.07, 6.45) is 0.267. The molecule has 3 N–H and O–H groups in total. The second-order valence-electron chi connectivity index (χ2n) is 9.29. The van der Waals surface area contributed by atoms with E-state index in [1.807, 2.05) is 37.2 Å². The Morgan fingerprint density at radius 2 is 1.74 bits per heavy atom. The van der Waals surface area contributed by atoms with E-state index in [-0.39, 0.29) is 18.2 Å². The number of carboxylic acids is 1. The molecular formula is C29H29ClN4O4. The van der Waals surface area contributed by atoms with Crippen molar-refractivity contribution in [2.75, 3.05) is 32.6 Å². The molecule has 0 bridgehead atoms. The first-order valence-electron chi connectivity index (χ1n) is 12.0. The van der Waals surface area contributed by atoms with Gasteiger partial charge < -0.3 is 25.0 Å². The predicted octanol–water partition coefficient (Wildman–Crippen LogP) is 5.24. The number of fused-ring (bicyclic) bond motifs is 1. The van der Waals surface area contributed by atoms with E-state index in [0.717, 1.165) is 11.1 Å². The number of aliphatic imine (C=N–C) groups is 1. The SMILES string of the molecule is CN(C)CCC(=O)N(C)c1ccc(N=C(c2cccc(CC(=O)O)c2)c2c(O)[nH]c3cc(Cl)ccc23)cc1. The number of aromatic nitrogens is 1. The lowest BCUT2D eigenvalue weighted by Gasteiger charge is -2.19. The van der Waals surface area contributed by atoms with E-state index in [1.54, 1.807) is 60.5 Å². The fraction of sp³-hybridized carbons (Fsp3) is 0.207. The molecule has 0 radical (unpaired) electrons. The van der Waals surface area contributed by atoms with Gasteiger partial charge in [-0.05, 0) is 62.1 Å². The number of aliphatic carboxylic acids is 1. The van der Waals surface area contributed by atoms with Gasteiger partial charge in [-0.25, -0.2) is 4.99 Å². The lowest BCUT2D eigenvalue weighted by atomic mass is 9.98. The number of aromatic hydroxyl groups is 1. The molecule has 0 unspecified atom stereocenters. The minimum Gasteiger partial charge on any atom is -0.494 e. The standard InChI is InChI=1S/C29H29ClN4O4/c1-33(2)14-13-25(35)34(3)22-10-8-21(9-11-22)31-28(19-6-4-5-18(15-19)16-26(36)37)27-23-12-7-20(30)17-24(23)32-29(27)38/h4-12,15,17,32,38H,13-14,16H2,1-3H3,(H,36,37). The number of amides is 1. The topological polar surface area (TPSA) is 109 Å². The van der Waals surface area contributed by atoms with Gasteiger partial charge in [0, 0.05) is 41.7 Å². The van der Waals surface area contributed by atoms with Crippen LogP contribution >= 0.6 is 11.6 Å². The van der Waals surface area contributed by atoms with Crippen LogP contribution in [0, 0.1) is 0 Å². The van der Waals surface area contributed by atoms with Crippen molar-refractivity contribution in [3.63, 3.8) is 0 Å². The molecule has 0 atom stereocenters. The molecule has 8 nitrogen and oxygen atoms in total. The highest BCUT2D eigenvalue weighted by molar-refractivity contribution is 6.31. The Morgan fingerprint density at radius 1 is 1.00 bits per heavy atom. The Balaban J connectivity index is 1.77. The summed E-state index contributed by atoms with van der Waals surface area (Å²) >= 11 is 6.16. The molecule has 38 heavy (non-hydrogen) atoms. The summed E-state index contributed by atoms with van der Waals surface area (Å²) in [6, 6.07) is 19.6. The van der Waals surface area contributed by atoms with Crippen molar-refractivity contribution in [2.45, 2.75) is 12.8 Å². The number of carbonyl (C=O) groups excluding carboxylic acids is 1. The molecule has 196 valence electrons. The third-order valence-corrected chi connectivity index (χ3v) is 6.39. The molecule has 9 heteroatoms. The van der Waals surface area contributed by atoms with Crippen molar-refractivity contribution >= 4 is 51.5 Å². The van der Waals surface area contributed by atoms with E-state index >= 15 is 0 Å². The quantitative estimate of drug-likeness (QED) is 0.255. The minimum atomic E-state index is -0.940. The van der Waals surface area contributed by atoms with Gasteiger partial charge in [-0.1, -0.05) is 35.9 Å². The lowest BCUT2D eigenvalue weighted by Crippen LogP contribution is -2.29. The van der Waals surface area contributed by atoms with Crippen LogP contribution in [0.3, 0.4) is 0 Å². The summed E-state index contributed by atoms with van der Waals surface area (Å²) in [7, 11) is 5.59. The van der Waals surface area contributed by atoms with E-state index in [2.05, 4.69) is 4.98 Å². The number of hydrogen-bond acceptors (Lipinski definition) is 5. The molecule has 0 saturated carbocycles. The van der Waals surface area contributed by atoms with Gasteiger partial charge in [-0.3, -0.25) is 9.59 Å². The Hall–Kier alpha value is -4.14. The summed E-state index contributed by atoms with van der Waals surface area (Å²) in [4.78, 5) is 35.3. The van der Waals surface area contributed by atoms with Crippen LogP contribution in [-0.4, -0.2) is 65.4 Å². The van der Waals surface area contributed by atoms with Crippen LogP contribution in [0.25, 0.3) is 10.9 Å². The molecule has 0 spiro atoms. The number of benzene rings is 3. The van der Waals surface area contributed by atoms with E-state index < -0.39 is 5.97 Å². The normalized spacial score (nSPS) is 11.8. The monoisotopic (exact) mass is 532 g/mol. The van der Waals surface area contributed by atoms with Crippen molar-refractivity contribution < 1.29 is 19.8 Å². The average molecular weight is 533 g/mol. The van der Waals surface area contributed by atoms with Gasteiger partial charge in [-0.2, -0.15) is 0 Å². The van der Waals surface area contributed by atoms with Gasteiger partial charge >= 0.3 is 5.97 Å². The summed E-state index contributed by atoms with van der Waals surface area (Å²) in [6.45, 7) is 0.662. The minimum absolute atomic E-state index is 0.00765. The van der Waals surface area contributed by atoms with E-state index in [4.69, 9.17) is 16.6 Å². The molecule has 0 aliphatic carbocycles. The number of H-pyrrole nitrogens is 1.